The first-order chi connectivity index (χ1) is 9.54. The lowest BCUT2D eigenvalue weighted by atomic mass is 10.2. The predicted octanol–water partition coefficient (Wildman–Crippen LogP) is 2.69. The normalized spacial score (nSPS) is 11.0. The number of ether oxygens (including phenoxy) is 1. The van der Waals surface area contributed by atoms with E-state index in [0.29, 0.717) is 18.7 Å². The van der Waals surface area contributed by atoms with E-state index in [0.717, 1.165) is 0 Å². The molecule has 0 saturated heterocycles. The summed E-state index contributed by atoms with van der Waals surface area (Å²) in [5, 5.41) is 14.5. The zero-order valence-corrected chi connectivity index (χ0v) is 11.4. The van der Waals surface area contributed by atoms with Crippen molar-refractivity contribution >= 4 is 17.4 Å². The van der Waals surface area contributed by atoms with Crippen molar-refractivity contribution in [2.24, 2.45) is 5.16 Å². The maximum atomic E-state index is 11.2. The predicted molar refractivity (Wildman–Crippen MR) is 72.7 cm³/mol. The molecule has 0 fully saturated rings. The van der Waals surface area contributed by atoms with Gasteiger partial charge in [0, 0.05) is 6.07 Å². The molecule has 0 unspecified atom stereocenters. The van der Waals surface area contributed by atoms with Crippen LogP contribution in [0.4, 0.5) is 5.69 Å². The third kappa shape index (κ3) is 5.05. The number of para-hydroxylation sites is 2. The van der Waals surface area contributed by atoms with Gasteiger partial charge in [0.25, 0.3) is 0 Å². The van der Waals surface area contributed by atoms with E-state index in [9.17, 15) is 14.9 Å². The molecule has 0 radical (unpaired) electrons. The minimum absolute atomic E-state index is 0.0629. The summed E-state index contributed by atoms with van der Waals surface area (Å²) in [6, 6.07) is 5.95. The van der Waals surface area contributed by atoms with Gasteiger partial charge in [0.1, 0.15) is 0 Å². The third-order valence-corrected chi connectivity index (χ3v) is 2.36. The van der Waals surface area contributed by atoms with Crippen LogP contribution in [0.25, 0.3) is 0 Å². The molecule has 1 aromatic carbocycles. The van der Waals surface area contributed by atoms with Gasteiger partial charge >= 0.3 is 11.7 Å². The van der Waals surface area contributed by atoms with Crippen LogP contribution in [0, 0.1) is 10.1 Å². The van der Waals surface area contributed by atoms with Gasteiger partial charge in [-0.25, -0.2) is 0 Å². The molecular formula is C13H16N2O5. The van der Waals surface area contributed by atoms with Gasteiger partial charge in [0.15, 0.2) is 0 Å². The number of carbonyl (C=O) groups excluding carboxylic acids is 1. The van der Waals surface area contributed by atoms with E-state index in [1.54, 1.807) is 26.0 Å². The Kier molecular flexibility index (Phi) is 6.15. The summed E-state index contributed by atoms with van der Waals surface area (Å²) in [7, 11) is 0. The van der Waals surface area contributed by atoms with Crippen LogP contribution in [0.5, 0.6) is 5.75 Å². The second-order valence-electron chi connectivity index (χ2n) is 3.95. The fourth-order valence-electron chi connectivity index (χ4n) is 1.37. The number of hydrogen-bond donors (Lipinski definition) is 0. The van der Waals surface area contributed by atoms with E-state index in [4.69, 9.17) is 9.57 Å². The monoisotopic (exact) mass is 280 g/mol. The Bertz CT molecular complexity index is 513. The molecule has 0 bridgehead atoms. The minimum Gasteiger partial charge on any atom is -0.466 e. The largest absolute Gasteiger partial charge is 0.466 e. The van der Waals surface area contributed by atoms with Crippen LogP contribution in [0.2, 0.25) is 0 Å². The lowest BCUT2D eigenvalue weighted by Crippen LogP contribution is -2.06. The Hall–Kier alpha value is -2.44. The lowest BCUT2D eigenvalue weighted by molar-refractivity contribution is -0.385. The number of hydrogen-bond acceptors (Lipinski definition) is 6. The highest BCUT2D eigenvalue weighted by molar-refractivity contribution is 5.85. The maximum absolute atomic E-state index is 11.2. The van der Waals surface area contributed by atoms with Crippen molar-refractivity contribution < 1.29 is 19.3 Å². The second-order valence-corrected chi connectivity index (χ2v) is 3.95. The van der Waals surface area contributed by atoms with Crippen molar-refractivity contribution in [1.82, 2.24) is 0 Å². The molecule has 0 heterocycles. The molecule has 1 rings (SSSR count). The number of carbonyl (C=O) groups is 1. The van der Waals surface area contributed by atoms with Crippen molar-refractivity contribution in [3.63, 3.8) is 0 Å². The molecule has 0 aliphatic heterocycles. The van der Waals surface area contributed by atoms with Crippen LogP contribution in [0.1, 0.15) is 26.7 Å². The summed E-state index contributed by atoms with van der Waals surface area (Å²) < 4.78 is 4.78. The van der Waals surface area contributed by atoms with Crippen LogP contribution in [0.15, 0.2) is 29.4 Å². The van der Waals surface area contributed by atoms with Gasteiger partial charge in [0.2, 0.25) is 5.75 Å². The summed E-state index contributed by atoms with van der Waals surface area (Å²) in [5.74, 6) is -0.249. The molecule has 0 atom stereocenters. The first-order valence-electron chi connectivity index (χ1n) is 6.14. The summed E-state index contributed by atoms with van der Waals surface area (Å²) in [6.07, 6.45) is 0.572. The molecule has 0 amide bonds. The zero-order valence-electron chi connectivity index (χ0n) is 11.4. The van der Waals surface area contributed by atoms with E-state index in [-0.39, 0.29) is 23.8 Å². The smallest absolute Gasteiger partial charge is 0.314 e. The molecule has 7 nitrogen and oxygen atoms in total. The van der Waals surface area contributed by atoms with Gasteiger partial charge in [-0.1, -0.05) is 17.3 Å². The minimum atomic E-state index is -0.543. The number of oxime groups is 1. The fourth-order valence-corrected chi connectivity index (χ4v) is 1.37. The number of nitro benzene ring substituents is 1. The first-order valence-corrected chi connectivity index (χ1v) is 6.14. The van der Waals surface area contributed by atoms with Gasteiger partial charge in [-0.15, -0.1) is 0 Å². The Morgan fingerprint density at radius 2 is 2.05 bits per heavy atom. The SMILES string of the molecule is CCOC(=O)CC/C(C)=N/Oc1ccccc1[N+](=O)[O-]. The van der Waals surface area contributed by atoms with E-state index in [1.165, 1.54) is 12.1 Å². The van der Waals surface area contributed by atoms with Gasteiger partial charge in [-0.3, -0.25) is 14.9 Å². The van der Waals surface area contributed by atoms with Crippen LogP contribution < -0.4 is 4.84 Å². The summed E-state index contributed by atoms with van der Waals surface area (Å²) in [4.78, 5) is 26.4. The highest BCUT2D eigenvalue weighted by Crippen LogP contribution is 2.25. The second kappa shape index (κ2) is 7.88. The third-order valence-electron chi connectivity index (χ3n) is 2.36. The standard InChI is InChI=1S/C13H16N2O5/c1-3-19-13(16)9-8-10(2)14-20-12-7-5-4-6-11(12)15(17)18/h4-7H,3,8-9H2,1-2H3/b14-10+. The van der Waals surface area contributed by atoms with Crippen LogP contribution >= 0.6 is 0 Å². The zero-order chi connectivity index (χ0) is 15.0. The van der Waals surface area contributed by atoms with Crippen LogP contribution in [-0.4, -0.2) is 23.2 Å². The molecule has 0 aliphatic rings. The maximum Gasteiger partial charge on any atom is 0.314 e. The van der Waals surface area contributed by atoms with E-state index < -0.39 is 4.92 Å². The molecule has 108 valence electrons. The topological polar surface area (TPSA) is 91.0 Å². The number of nitro groups is 1. The lowest BCUT2D eigenvalue weighted by Gasteiger charge is -2.03. The number of nitrogens with zero attached hydrogens (tertiary/aromatic N) is 2. The summed E-state index contributed by atoms with van der Waals surface area (Å²) in [6.45, 7) is 3.74. The van der Waals surface area contributed by atoms with Gasteiger partial charge in [0.05, 0.1) is 23.7 Å². The van der Waals surface area contributed by atoms with Crippen molar-refractivity contribution in [3.05, 3.63) is 34.4 Å². The van der Waals surface area contributed by atoms with Crippen molar-refractivity contribution in [2.75, 3.05) is 6.61 Å². The molecule has 7 heteroatoms. The van der Waals surface area contributed by atoms with Crippen LogP contribution in [-0.2, 0) is 9.53 Å². The Morgan fingerprint density at radius 3 is 2.70 bits per heavy atom. The highest BCUT2D eigenvalue weighted by Gasteiger charge is 2.14. The van der Waals surface area contributed by atoms with Gasteiger partial charge in [-0.05, 0) is 26.3 Å². The fraction of sp³-hybridized carbons (Fsp3) is 0.385. The van der Waals surface area contributed by atoms with E-state index in [2.05, 4.69) is 5.16 Å². The average Bonchev–Trinajstić information content (AvgIpc) is 2.43. The first kappa shape index (κ1) is 15.6. The van der Waals surface area contributed by atoms with Crippen LogP contribution in [0.3, 0.4) is 0 Å². The van der Waals surface area contributed by atoms with E-state index in [1.807, 2.05) is 0 Å². The molecule has 0 spiro atoms. The van der Waals surface area contributed by atoms with Crippen molar-refractivity contribution in [2.45, 2.75) is 26.7 Å². The molecule has 1 aromatic rings. The summed E-state index contributed by atoms with van der Waals surface area (Å²) in [5.41, 5.74) is 0.394. The van der Waals surface area contributed by atoms with Gasteiger partial charge in [-0.2, -0.15) is 0 Å². The highest BCUT2D eigenvalue weighted by atomic mass is 16.7. The Morgan fingerprint density at radius 1 is 1.35 bits per heavy atom. The van der Waals surface area contributed by atoms with Crippen molar-refractivity contribution in [3.8, 4) is 5.75 Å². The number of esters is 1. The molecule has 0 aromatic heterocycles. The van der Waals surface area contributed by atoms with E-state index >= 15 is 0 Å². The molecule has 0 aliphatic carbocycles. The van der Waals surface area contributed by atoms with Gasteiger partial charge < -0.3 is 9.57 Å². The molecule has 0 saturated carbocycles. The molecular weight excluding hydrogens is 264 g/mol. The Balaban J connectivity index is 2.59. The van der Waals surface area contributed by atoms with Crippen molar-refractivity contribution in [1.29, 1.82) is 0 Å². The average molecular weight is 280 g/mol. The quantitative estimate of drug-likeness (QED) is 0.331. The Labute approximate surface area is 116 Å². The molecule has 20 heavy (non-hydrogen) atoms. The summed E-state index contributed by atoms with van der Waals surface area (Å²) >= 11 is 0. The molecule has 0 N–H and O–H groups in total. The number of rotatable bonds is 7. The number of benzene rings is 1.